The number of aryl methyl sites for hydroxylation is 1. The van der Waals surface area contributed by atoms with E-state index >= 15 is 0 Å². The average Bonchev–Trinajstić information content (AvgIpc) is 3.32. The molecule has 1 aromatic carbocycles. The largest absolute Gasteiger partial charge is 0.467 e. The molecule has 1 fully saturated rings. The van der Waals surface area contributed by atoms with Crippen molar-refractivity contribution in [2.45, 2.75) is 25.4 Å². The van der Waals surface area contributed by atoms with Crippen molar-refractivity contribution >= 4 is 29.2 Å². The van der Waals surface area contributed by atoms with Crippen molar-refractivity contribution in [2.75, 3.05) is 41.7 Å². The van der Waals surface area contributed by atoms with Crippen LogP contribution in [0, 0.1) is 13.8 Å². The molecular formula is C23H27N5O2S. The number of rotatable bonds is 7. The van der Waals surface area contributed by atoms with Crippen LogP contribution in [-0.2, 0) is 11.3 Å². The lowest BCUT2D eigenvalue weighted by atomic mass is 10.1. The molecule has 4 rings (SSSR count). The maximum atomic E-state index is 12.2. The number of carbonyl (C=O) groups is 1. The van der Waals surface area contributed by atoms with E-state index in [1.54, 1.807) is 18.7 Å². The molecule has 31 heavy (non-hydrogen) atoms. The lowest BCUT2D eigenvalue weighted by molar-refractivity contribution is -0.118. The number of hydrogen-bond acceptors (Lipinski definition) is 7. The molecule has 0 radical (unpaired) electrons. The van der Waals surface area contributed by atoms with Crippen LogP contribution in [0.3, 0.4) is 0 Å². The molecule has 1 saturated heterocycles. The number of carbonyl (C=O) groups excluding carboxylic acids is 1. The van der Waals surface area contributed by atoms with Crippen LogP contribution in [0.5, 0.6) is 0 Å². The Morgan fingerprint density at radius 2 is 1.84 bits per heavy atom. The zero-order valence-corrected chi connectivity index (χ0v) is 18.7. The van der Waals surface area contributed by atoms with Crippen molar-refractivity contribution in [3.63, 3.8) is 0 Å². The third-order valence-corrected chi connectivity index (χ3v) is 6.49. The van der Waals surface area contributed by atoms with Crippen molar-refractivity contribution in [3.8, 4) is 0 Å². The molecule has 162 valence electrons. The summed E-state index contributed by atoms with van der Waals surface area (Å²) in [5, 5.41) is 3.65. The molecule has 1 N–H and O–H groups in total. The number of aromatic nitrogens is 2. The van der Waals surface area contributed by atoms with Gasteiger partial charge in [0.2, 0.25) is 5.91 Å². The molecule has 0 atom stereocenters. The first kappa shape index (κ1) is 21.2. The van der Waals surface area contributed by atoms with Crippen LogP contribution in [0.1, 0.15) is 16.9 Å². The Morgan fingerprint density at radius 1 is 1.06 bits per heavy atom. The number of piperazine rings is 1. The zero-order chi connectivity index (χ0) is 21.6. The van der Waals surface area contributed by atoms with Gasteiger partial charge in [-0.25, -0.2) is 9.97 Å². The molecule has 3 aromatic rings. The van der Waals surface area contributed by atoms with Gasteiger partial charge in [0, 0.05) is 44.3 Å². The normalized spacial score (nSPS) is 14.0. The third-order valence-electron chi connectivity index (χ3n) is 5.52. The van der Waals surface area contributed by atoms with Crippen LogP contribution in [0.25, 0.3) is 0 Å². The fraction of sp³-hybridized carbons (Fsp3) is 0.348. The second kappa shape index (κ2) is 9.87. The van der Waals surface area contributed by atoms with Gasteiger partial charge in [0.05, 0.1) is 18.6 Å². The maximum absolute atomic E-state index is 12.2. The minimum absolute atomic E-state index is 0.0576. The standard InChI is InChI=1S/C23H27N5O2S/c1-17-5-3-7-20(18(17)2)27-10-12-28(13-11-27)22-23(25-9-8-24-22)31-16-21(29)26-15-19-6-4-14-30-19/h3-9,14H,10-13,15-16H2,1-2H3,(H,26,29). The number of nitrogens with one attached hydrogen (secondary N) is 1. The molecule has 0 bridgehead atoms. The molecule has 1 aliphatic rings. The quantitative estimate of drug-likeness (QED) is 0.568. The van der Waals surface area contributed by atoms with Crippen molar-refractivity contribution in [1.29, 1.82) is 0 Å². The molecule has 8 heteroatoms. The SMILES string of the molecule is Cc1cccc(N2CCN(c3nccnc3SCC(=O)NCc3ccco3)CC2)c1C. The Bertz CT molecular complexity index is 1020. The number of thioether (sulfide) groups is 1. The molecule has 1 aliphatic heterocycles. The number of hydrogen-bond donors (Lipinski definition) is 1. The highest BCUT2D eigenvalue weighted by molar-refractivity contribution is 8.00. The molecule has 7 nitrogen and oxygen atoms in total. The van der Waals surface area contributed by atoms with Crippen LogP contribution >= 0.6 is 11.8 Å². The van der Waals surface area contributed by atoms with E-state index < -0.39 is 0 Å². The summed E-state index contributed by atoms with van der Waals surface area (Å²) in [4.78, 5) is 26.0. The predicted molar refractivity (Wildman–Crippen MR) is 124 cm³/mol. The van der Waals surface area contributed by atoms with Gasteiger partial charge in [0.25, 0.3) is 0 Å². The third kappa shape index (κ3) is 5.19. The molecule has 3 heterocycles. The van der Waals surface area contributed by atoms with E-state index in [2.05, 4.69) is 57.1 Å². The first-order valence-corrected chi connectivity index (χ1v) is 11.4. The van der Waals surface area contributed by atoms with Crippen LogP contribution in [0.4, 0.5) is 11.5 Å². The lowest BCUT2D eigenvalue weighted by Crippen LogP contribution is -2.47. The van der Waals surface area contributed by atoms with E-state index in [1.165, 1.54) is 28.6 Å². The van der Waals surface area contributed by atoms with Crippen LogP contribution < -0.4 is 15.1 Å². The van der Waals surface area contributed by atoms with Crippen LogP contribution in [0.2, 0.25) is 0 Å². The van der Waals surface area contributed by atoms with Gasteiger partial charge in [-0.2, -0.15) is 0 Å². The Kier molecular flexibility index (Phi) is 6.76. The summed E-state index contributed by atoms with van der Waals surface area (Å²) in [5.74, 6) is 1.82. The van der Waals surface area contributed by atoms with Gasteiger partial charge in [-0.15, -0.1) is 0 Å². The Hall–Kier alpha value is -3.00. The van der Waals surface area contributed by atoms with E-state index in [-0.39, 0.29) is 11.7 Å². The number of amides is 1. The highest BCUT2D eigenvalue weighted by Crippen LogP contribution is 2.29. The molecule has 2 aromatic heterocycles. The minimum Gasteiger partial charge on any atom is -0.467 e. The van der Waals surface area contributed by atoms with Crippen molar-refractivity contribution < 1.29 is 9.21 Å². The number of nitrogens with zero attached hydrogens (tertiary/aromatic N) is 4. The fourth-order valence-electron chi connectivity index (χ4n) is 3.66. The first-order chi connectivity index (χ1) is 15.1. The zero-order valence-electron chi connectivity index (χ0n) is 17.9. The lowest BCUT2D eigenvalue weighted by Gasteiger charge is -2.37. The monoisotopic (exact) mass is 437 g/mol. The minimum atomic E-state index is -0.0576. The molecule has 0 saturated carbocycles. The second-order valence-electron chi connectivity index (χ2n) is 7.52. The number of benzene rings is 1. The molecule has 0 unspecified atom stereocenters. The summed E-state index contributed by atoms with van der Waals surface area (Å²) in [7, 11) is 0. The maximum Gasteiger partial charge on any atom is 0.230 e. The average molecular weight is 438 g/mol. The van der Waals surface area contributed by atoms with Crippen LogP contribution in [-0.4, -0.2) is 47.8 Å². The summed E-state index contributed by atoms with van der Waals surface area (Å²) >= 11 is 1.42. The summed E-state index contributed by atoms with van der Waals surface area (Å²) in [5.41, 5.74) is 3.96. The number of furan rings is 1. The Balaban J connectivity index is 1.34. The van der Waals surface area contributed by atoms with Crippen molar-refractivity contribution in [2.24, 2.45) is 0 Å². The van der Waals surface area contributed by atoms with Gasteiger partial charge in [-0.3, -0.25) is 4.79 Å². The highest BCUT2D eigenvalue weighted by Gasteiger charge is 2.22. The van der Waals surface area contributed by atoms with E-state index in [0.717, 1.165) is 42.8 Å². The second-order valence-corrected chi connectivity index (χ2v) is 8.49. The Labute approximate surface area is 186 Å². The topological polar surface area (TPSA) is 74.5 Å². The van der Waals surface area contributed by atoms with Gasteiger partial charge < -0.3 is 19.5 Å². The van der Waals surface area contributed by atoms with E-state index in [9.17, 15) is 4.79 Å². The molecule has 1 amide bonds. The fourth-order valence-corrected chi connectivity index (χ4v) is 4.47. The van der Waals surface area contributed by atoms with E-state index in [0.29, 0.717) is 6.54 Å². The first-order valence-electron chi connectivity index (χ1n) is 10.4. The van der Waals surface area contributed by atoms with Gasteiger partial charge in [-0.1, -0.05) is 23.9 Å². The van der Waals surface area contributed by atoms with Crippen LogP contribution in [0.15, 0.2) is 58.4 Å². The molecule has 0 aliphatic carbocycles. The van der Waals surface area contributed by atoms with E-state index in [1.807, 2.05) is 12.1 Å². The molecule has 0 spiro atoms. The number of anilines is 2. The predicted octanol–water partition coefficient (Wildman–Crippen LogP) is 3.42. The smallest absolute Gasteiger partial charge is 0.230 e. The summed E-state index contributed by atoms with van der Waals surface area (Å²) < 4.78 is 5.25. The van der Waals surface area contributed by atoms with Gasteiger partial charge >= 0.3 is 0 Å². The summed E-state index contributed by atoms with van der Waals surface area (Å²) in [6.07, 6.45) is 4.99. The van der Waals surface area contributed by atoms with Crippen molar-refractivity contribution in [1.82, 2.24) is 15.3 Å². The van der Waals surface area contributed by atoms with Gasteiger partial charge in [0.15, 0.2) is 5.82 Å². The Morgan fingerprint density at radius 3 is 2.61 bits per heavy atom. The molecular weight excluding hydrogens is 410 g/mol. The van der Waals surface area contributed by atoms with E-state index in [4.69, 9.17) is 4.42 Å². The highest BCUT2D eigenvalue weighted by atomic mass is 32.2. The van der Waals surface area contributed by atoms with Gasteiger partial charge in [0.1, 0.15) is 10.8 Å². The summed E-state index contributed by atoms with van der Waals surface area (Å²) in [6.45, 7) is 8.31. The summed E-state index contributed by atoms with van der Waals surface area (Å²) in [6, 6.07) is 10.1. The van der Waals surface area contributed by atoms with Gasteiger partial charge in [-0.05, 0) is 43.2 Å². The van der Waals surface area contributed by atoms with Crippen molar-refractivity contribution in [3.05, 3.63) is 65.9 Å².